The van der Waals surface area contributed by atoms with Crippen molar-refractivity contribution in [1.29, 1.82) is 5.41 Å². The van der Waals surface area contributed by atoms with Gasteiger partial charge in [-0.15, -0.1) is 0 Å². The zero-order chi connectivity index (χ0) is 11.8. The molecule has 88 valence electrons. The van der Waals surface area contributed by atoms with Crippen LogP contribution in [-0.4, -0.2) is 16.1 Å². The van der Waals surface area contributed by atoms with Crippen LogP contribution in [0.15, 0.2) is 22.8 Å². The van der Waals surface area contributed by atoms with Crippen molar-refractivity contribution in [2.24, 2.45) is 0 Å². The average molecular weight is 230 g/mol. The molecule has 0 fully saturated rings. The molecule has 2 aromatic rings. The third-order valence-electron chi connectivity index (χ3n) is 3.02. The first-order chi connectivity index (χ1) is 8.25. The maximum atomic E-state index is 8.01. The van der Waals surface area contributed by atoms with Gasteiger partial charge in [-0.25, -0.2) is 4.98 Å². The predicted octanol–water partition coefficient (Wildman–Crippen LogP) is 1.75. The fourth-order valence-electron chi connectivity index (χ4n) is 2.12. The highest BCUT2D eigenvalue weighted by atomic mass is 16.3. The highest BCUT2D eigenvalue weighted by Crippen LogP contribution is 2.22. The number of aryl methyl sites for hydroxylation is 1. The molecule has 3 rings (SSSR count). The number of furan rings is 1. The lowest BCUT2D eigenvalue weighted by molar-refractivity contribution is 0.535. The van der Waals surface area contributed by atoms with Crippen molar-refractivity contribution in [3.63, 3.8) is 0 Å². The van der Waals surface area contributed by atoms with Gasteiger partial charge in [-0.2, -0.15) is 0 Å². The minimum absolute atomic E-state index is 0.484. The summed E-state index contributed by atoms with van der Waals surface area (Å²) in [7, 11) is 0. The maximum absolute atomic E-state index is 8.01. The van der Waals surface area contributed by atoms with Crippen molar-refractivity contribution in [2.75, 3.05) is 11.9 Å². The van der Waals surface area contributed by atoms with Gasteiger partial charge in [0.15, 0.2) is 0 Å². The molecule has 0 atom stereocenters. The number of nitrogens with zero attached hydrogens (tertiary/aromatic N) is 2. The number of aromatic nitrogens is 2. The van der Waals surface area contributed by atoms with Gasteiger partial charge < -0.3 is 9.73 Å². The molecular weight excluding hydrogens is 216 g/mol. The van der Waals surface area contributed by atoms with E-state index in [2.05, 4.69) is 10.3 Å². The van der Waals surface area contributed by atoms with E-state index in [1.165, 1.54) is 0 Å². The zero-order valence-electron chi connectivity index (χ0n) is 9.66. The Hall–Kier alpha value is -2.04. The molecule has 17 heavy (non-hydrogen) atoms. The molecule has 0 unspecified atom stereocenters. The summed E-state index contributed by atoms with van der Waals surface area (Å²) in [6.07, 6.45) is 2.69. The lowest BCUT2D eigenvalue weighted by atomic mass is 10.2. The van der Waals surface area contributed by atoms with Gasteiger partial charge in [-0.3, -0.25) is 9.98 Å². The Balaban J connectivity index is 2.17. The van der Waals surface area contributed by atoms with Crippen LogP contribution in [0.2, 0.25) is 0 Å². The SMILES string of the molecule is Cc1occc1-c1cc(=N)n2c(n1)NCCC2. The lowest BCUT2D eigenvalue weighted by Gasteiger charge is -2.20. The Labute approximate surface area is 98.6 Å². The summed E-state index contributed by atoms with van der Waals surface area (Å²) in [4.78, 5) is 4.55. The number of anilines is 1. The quantitative estimate of drug-likeness (QED) is 0.784. The molecule has 0 saturated carbocycles. The van der Waals surface area contributed by atoms with Crippen molar-refractivity contribution >= 4 is 5.95 Å². The molecular formula is C12H14N4O. The maximum Gasteiger partial charge on any atom is 0.204 e. The lowest BCUT2D eigenvalue weighted by Crippen LogP contribution is -2.30. The second kappa shape index (κ2) is 3.76. The van der Waals surface area contributed by atoms with Crippen LogP contribution in [-0.2, 0) is 6.54 Å². The van der Waals surface area contributed by atoms with Gasteiger partial charge in [0.05, 0.1) is 12.0 Å². The normalized spacial score (nSPS) is 14.2. The molecule has 0 saturated heterocycles. The molecule has 0 aliphatic carbocycles. The summed E-state index contributed by atoms with van der Waals surface area (Å²) in [6.45, 7) is 3.68. The van der Waals surface area contributed by atoms with Crippen molar-refractivity contribution < 1.29 is 4.42 Å². The predicted molar refractivity (Wildman–Crippen MR) is 63.6 cm³/mol. The summed E-state index contributed by atoms with van der Waals surface area (Å²) in [5.41, 5.74) is 2.23. The van der Waals surface area contributed by atoms with E-state index < -0.39 is 0 Å². The van der Waals surface area contributed by atoms with E-state index in [9.17, 15) is 0 Å². The Morgan fingerprint density at radius 2 is 2.41 bits per heavy atom. The van der Waals surface area contributed by atoms with E-state index in [0.717, 1.165) is 42.5 Å². The molecule has 0 amide bonds. The van der Waals surface area contributed by atoms with Gasteiger partial charge in [0.2, 0.25) is 5.95 Å². The van der Waals surface area contributed by atoms with Crippen LogP contribution in [0.4, 0.5) is 5.95 Å². The number of fused-ring (bicyclic) bond motifs is 1. The molecule has 2 aromatic heterocycles. The molecule has 0 aromatic carbocycles. The largest absolute Gasteiger partial charge is 0.469 e. The number of nitrogens with one attached hydrogen (secondary N) is 2. The van der Waals surface area contributed by atoms with Gasteiger partial charge in [-0.1, -0.05) is 0 Å². The van der Waals surface area contributed by atoms with E-state index in [1.807, 2.05) is 17.6 Å². The summed E-state index contributed by atoms with van der Waals surface area (Å²) in [5.74, 6) is 1.61. The van der Waals surface area contributed by atoms with Crippen LogP contribution in [0.1, 0.15) is 12.2 Å². The first kappa shape index (κ1) is 10.1. The Morgan fingerprint density at radius 1 is 1.53 bits per heavy atom. The van der Waals surface area contributed by atoms with Crippen molar-refractivity contribution in [3.8, 4) is 11.3 Å². The second-order valence-electron chi connectivity index (χ2n) is 4.17. The summed E-state index contributed by atoms with van der Waals surface area (Å²) < 4.78 is 7.17. The third-order valence-corrected chi connectivity index (χ3v) is 3.02. The van der Waals surface area contributed by atoms with E-state index >= 15 is 0 Å². The van der Waals surface area contributed by atoms with E-state index in [1.54, 1.807) is 12.3 Å². The summed E-state index contributed by atoms with van der Waals surface area (Å²) in [6, 6.07) is 3.67. The van der Waals surface area contributed by atoms with E-state index in [4.69, 9.17) is 9.83 Å². The molecule has 0 bridgehead atoms. The minimum atomic E-state index is 0.484. The Bertz CT molecular complexity index is 611. The van der Waals surface area contributed by atoms with Crippen LogP contribution in [0, 0.1) is 12.3 Å². The third kappa shape index (κ3) is 1.63. The van der Waals surface area contributed by atoms with Crippen molar-refractivity contribution in [1.82, 2.24) is 9.55 Å². The standard InChI is InChI=1S/C12H14N4O/c1-8-9(3-6-17-8)10-7-11(13)16-5-2-4-14-12(16)15-10/h3,6-7,13H,2,4-5H2,1H3,(H,14,15). The monoisotopic (exact) mass is 230 g/mol. The van der Waals surface area contributed by atoms with E-state index in [0.29, 0.717) is 5.49 Å². The first-order valence-corrected chi connectivity index (χ1v) is 5.70. The van der Waals surface area contributed by atoms with Crippen molar-refractivity contribution in [2.45, 2.75) is 19.9 Å². The van der Waals surface area contributed by atoms with Gasteiger partial charge >= 0.3 is 0 Å². The minimum Gasteiger partial charge on any atom is -0.469 e. The van der Waals surface area contributed by atoms with Gasteiger partial charge in [0, 0.05) is 24.7 Å². The summed E-state index contributed by atoms with van der Waals surface area (Å²) in [5, 5.41) is 11.2. The molecule has 0 radical (unpaired) electrons. The molecule has 5 heteroatoms. The van der Waals surface area contributed by atoms with Gasteiger partial charge in [0.1, 0.15) is 11.2 Å². The molecule has 1 aliphatic rings. The number of hydrogen-bond donors (Lipinski definition) is 2. The van der Waals surface area contributed by atoms with E-state index in [-0.39, 0.29) is 0 Å². The fourth-order valence-corrected chi connectivity index (χ4v) is 2.12. The molecule has 1 aliphatic heterocycles. The molecule has 0 spiro atoms. The molecule has 2 N–H and O–H groups in total. The number of hydrogen-bond acceptors (Lipinski definition) is 4. The smallest absolute Gasteiger partial charge is 0.204 e. The Kier molecular flexibility index (Phi) is 2.24. The van der Waals surface area contributed by atoms with Gasteiger partial charge in [-0.05, 0) is 19.4 Å². The van der Waals surface area contributed by atoms with Gasteiger partial charge in [0.25, 0.3) is 0 Å². The first-order valence-electron chi connectivity index (χ1n) is 5.70. The molecule has 5 nitrogen and oxygen atoms in total. The van der Waals surface area contributed by atoms with Crippen LogP contribution in [0.5, 0.6) is 0 Å². The summed E-state index contributed by atoms with van der Waals surface area (Å²) >= 11 is 0. The zero-order valence-corrected chi connectivity index (χ0v) is 9.66. The average Bonchev–Trinajstić information content (AvgIpc) is 2.75. The topological polar surface area (TPSA) is 66.8 Å². The fraction of sp³-hybridized carbons (Fsp3) is 0.333. The van der Waals surface area contributed by atoms with Crippen LogP contribution < -0.4 is 10.8 Å². The van der Waals surface area contributed by atoms with Crippen LogP contribution >= 0.6 is 0 Å². The number of rotatable bonds is 1. The van der Waals surface area contributed by atoms with Crippen LogP contribution in [0.3, 0.4) is 0 Å². The van der Waals surface area contributed by atoms with Crippen molar-refractivity contribution in [3.05, 3.63) is 29.6 Å². The highest BCUT2D eigenvalue weighted by Gasteiger charge is 2.13. The highest BCUT2D eigenvalue weighted by molar-refractivity contribution is 5.61. The molecule has 3 heterocycles. The Morgan fingerprint density at radius 3 is 3.18 bits per heavy atom. The second-order valence-corrected chi connectivity index (χ2v) is 4.17. The van der Waals surface area contributed by atoms with Crippen LogP contribution in [0.25, 0.3) is 11.3 Å².